The van der Waals surface area contributed by atoms with E-state index >= 15 is 0 Å². The second kappa shape index (κ2) is 4.88. The van der Waals surface area contributed by atoms with E-state index in [0.29, 0.717) is 6.04 Å². The van der Waals surface area contributed by atoms with Gasteiger partial charge in [0.05, 0.1) is 17.1 Å². The average molecular weight is 269 g/mol. The first kappa shape index (κ1) is 12.4. The Morgan fingerprint density at radius 2 is 1.75 bits per heavy atom. The van der Waals surface area contributed by atoms with E-state index in [-0.39, 0.29) is 0 Å². The summed E-state index contributed by atoms with van der Waals surface area (Å²) in [6.07, 6.45) is 7.13. The Kier molecular flexibility index (Phi) is 3.03. The highest BCUT2D eigenvalue weighted by Gasteiger charge is 2.35. The Morgan fingerprint density at radius 3 is 2.55 bits per heavy atom. The molecule has 4 rings (SSSR count). The van der Waals surface area contributed by atoms with Crippen molar-refractivity contribution in [3.63, 3.8) is 0 Å². The van der Waals surface area contributed by atoms with Crippen LogP contribution in [-0.2, 0) is 0 Å². The highest BCUT2D eigenvalue weighted by atomic mass is 15.3. The van der Waals surface area contributed by atoms with E-state index < -0.39 is 0 Å². The van der Waals surface area contributed by atoms with Crippen LogP contribution >= 0.6 is 0 Å². The fourth-order valence-corrected chi connectivity index (χ4v) is 4.02. The van der Waals surface area contributed by atoms with Gasteiger partial charge in [-0.2, -0.15) is 0 Å². The molecule has 2 heterocycles. The van der Waals surface area contributed by atoms with Crippen molar-refractivity contribution in [1.29, 1.82) is 0 Å². The average Bonchev–Trinajstić information content (AvgIpc) is 2.75. The van der Waals surface area contributed by atoms with Gasteiger partial charge in [0.2, 0.25) is 0 Å². The summed E-state index contributed by atoms with van der Waals surface area (Å²) >= 11 is 0. The predicted molar refractivity (Wildman–Crippen MR) is 82.0 cm³/mol. The molecule has 1 saturated heterocycles. The van der Waals surface area contributed by atoms with Crippen LogP contribution in [0.15, 0.2) is 24.3 Å². The van der Waals surface area contributed by atoms with E-state index in [4.69, 9.17) is 4.98 Å². The minimum absolute atomic E-state index is 0.629. The Morgan fingerprint density at radius 1 is 1.00 bits per heavy atom. The second-order valence-corrected chi connectivity index (χ2v) is 6.42. The van der Waals surface area contributed by atoms with Gasteiger partial charge in [-0.25, -0.2) is 4.98 Å². The van der Waals surface area contributed by atoms with Crippen LogP contribution in [0.25, 0.3) is 11.0 Å². The lowest BCUT2D eigenvalue weighted by Crippen LogP contribution is -2.53. The monoisotopic (exact) mass is 269 g/mol. The molecule has 20 heavy (non-hydrogen) atoms. The smallest absolute Gasteiger partial charge is 0.107 e. The normalized spacial score (nSPS) is 22.2. The second-order valence-electron chi connectivity index (χ2n) is 6.42. The number of hydrogen-bond donors (Lipinski definition) is 0. The number of fused-ring (bicyclic) bond motifs is 1. The number of rotatable bonds is 2. The molecular weight excluding hydrogens is 246 g/mol. The molecule has 2 aromatic rings. The van der Waals surface area contributed by atoms with Crippen LogP contribution in [0.3, 0.4) is 0 Å². The zero-order chi connectivity index (χ0) is 13.5. The van der Waals surface area contributed by atoms with E-state index in [1.807, 2.05) is 0 Å². The first-order chi connectivity index (χ1) is 9.83. The highest BCUT2D eigenvalue weighted by molar-refractivity contribution is 5.76. The van der Waals surface area contributed by atoms with E-state index in [9.17, 15) is 0 Å². The van der Waals surface area contributed by atoms with Crippen LogP contribution in [0.5, 0.6) is 0 Å². The molecule has 1 aliphatic heterocycles. The topological polar surface area (TPSA) is 21.1 Å². The molecule has 0 spiro atoms. The number of hydrogen-bond acceptors (Lipinski definition) is 2. The predicted octanol–water partition coefficient (Wildman–Crippen LogP) is 3.53. The summed E-state index contributed by atoms with van der Waals surface area (Å²) in [7, 11) is 0. The molecule has 2 fully saturated rings. The van der Waals surface area contributed by atoms with Gasteiger partial charge in [-0.3, -0.25) is 4.90 Å². The van der Waals surface area contributed by atoms with Gasteiger partial charge in [0.15, 0.2) is 0 Å². The van der Waals surface area contributed by atoms with Crippen molar-refractivity contribution in [2.45, 2.75) is 51.1 Å². The van der Waals surface area contributed by atoms with Crippen molar-refractivity contribution < 1.29 is 0 Å². The fourth-order valence-electron chi connectivity index (χ4n) is 4.02. The highest BCUT2D eigenvalue weighted by Crippen LogP contribution is 2.33. The number of benzene rings is 1. The number of aryl methyl sites for hydroxylation is 1. The van der Waals surface area contributed by atoms with Crippen LogP contribution in [0.4, 0.5) is 0 Å². The van der Waals surface area contributed by atoms with E-state index in [0.717, 1.165) is 11.6 Å². The van der Waals surface area contributed by atoms with E-state index in [1.165, 1.54) is 56.5 Å². The first-order valence-corrected chi connectivity index (χ1v) is 8.00. The van der Waals surface area contributed by atoms with Crippen LogP contribution in [0, 0.1) is 6.92 Å². The van der Waals surface area contributed by atoms with Gasteiger partial charge >= 0.3 is 0 Å². The Labute approximate surface area is 120 Å². The van der Waals surface area contributed by atoms with Crippen molar-refractivity contribution in [3.05, 3.63) is 30.1 Å². The van der Waals surface area contributed by atoms with Gasteiger partial charge in [0.25, 0.3) is 0 Å². The van der Waals surface area contributed by atoms with Gasteiger partial charge < -0.3 is 4.57 Å². The first-order valence-electron chi connectivity index (χ1n) is 8.00. The van der Waals surface area contributed by atoms with Gasteiger partial charge in [-0.15, -0.1) is 0 Å². The minimum Gasteiger partial charge on any atom is -0.322 e. The summed E-state index contributed by atoms with van der Waals surface area (Å²) in [4.78, 5) is 7.39. The molecule has 1 aliphatic carbocycles. The molecule has 0 N–H and O–H groups in total. The fraction of sp³-hybridized carbons (Fsp3) is 0.588. The molecular formula is C17H23N3. The third-order valence-corrected chi connectivity index (χ3v) is 5.12. The van der Waals surface area contributed by atoms with Crippen molar-refractivity contribution in [2.75, 3.05) is 13.1 Å². The summed E-state index contributed by atoms with van der Waals surface area (Å²) in [5.41, 5.74) is 2.44. The number of para-hydroxylation sites is 2. The molecule has 0 unspecified atom stereocenters. The number of nitrogens with zero attached hydrogens (tertiary/aromatic N) is 3. The van der Waals surface area contributed by atoms with Crippen molar-refractivity contribution in [2.24, 2.45) is 0 Å². The van der Waals surface area contributed by atoms with Gasteiger partial charge in [0.1, 0.15) is 5.82 Å². The largest absolute Gasteiger partial charge is 0.322 e. The molecule has 0 bridgehead atoms. The summed E-state index contributed by atoms with van der Waals surface area (Å²) < 4.78 is 2.45. The maximum atomic E-state index is 4.70. The van der Waals surface area contributed by atoms with Gasteiger partial charge in [0, 0.05) is 19.1 Å². The lowest BCUT2D eigenvalue weighted by Gasteiger charge is -2.46. The van der Waals surface area contributed by atoms with Gasteiger partial charge in [-0.1, -0.05) is 31.4 Å². The maximum absolute atomic E-state index is 4.70. The van der Waals surface area contributed by atoms with Crippen LogP contribution in [0.2, 0.25) is 0 Å². The third-order valence-electron chi connectivity index (χ3n) is 5.12. The third kappa shape index (κ3) is 1.96. The molecule has 0 amide bonds. The molecule has 3 heteroatoms. The zero-order valence-corrected chi connectivity index (χ0v) is 12.3. The molecule has 1 saturated carbocycles. The molecule has 2 aliphatic rings. The van der Waals surface area contributed by atoms with Crippen molar-refractivity contribution >= 4 is 11.0 Å². The molecule has 106 valence electrons. The van der Waals surface area contributed by atoms with Crippen LogP contribution in [0.1, 0.15) is 44.0 Å². The molecule has 0 radical (unpaired) electrons. The summed E-state index contributed by atoms with van der Waals surface area (Å²) in [6.45, 7) is 4.57. The van der Waals surface area contributed by atoms with Crippen LogP contribution < -0.4 is 0 Å². The number of aromatic nitrogens is 2. The molecule has 1 aromatic heterocycles. The van der Waals surface area contributed by atoms with Crippen molar-refractivity contribution in [1.82, 2.24) is 14.5 Å². The minimum atomic E-state index is 0.629. The standard InChI is InChI=1S/C17H23N3/c1-13-18-16-9-5-6-10-17(16)20(13)15-11-19(12-15)14-7-3-2-4-8-14/h5-6,9-10,14-15H,2-4,7-8,11-12H2,1H3. The molecule has 0 atom stereocenters. The SMILES string of the molecule is Cc1nc2ccccc2n1C1CN(C2CCCCC2)C1. The number of imidazole rings is 1. The van der Waals surface area contributed by atoms with E-state index in [1.54, 1.807) is 0 Å². The van der Waals surface area contributed by atoms with Gasteiger partial charge in [-0.05, 0) is 31.9 Å². The summed E-state index contributed by atoms with van der Waals surface area (Å²) in [5, 5.41) is 0. The zero-order valence-electron chi connectivity index (χ0n) is 12.3. The summed E-state index contributed by atoms with van der Waals surface area (Å²) in [5.74, 6) is 1.17. The quantitative estimate of drug-likeness (QED) is 0.831. The Balaban J connectivity index is 1.53. The lowest BCUT2D eigenvalue weighted by molar-refractivity contribution is 0.0421. The maximum Gasteiger partial charge on any atom is 0.107 e. The van der Waals surface area contributed by atoms with Crippen molar-refractivity contribution in [3.8, 4) is 0 Å². The Hall–Kier alpha value is -1.35. The molecule has 3 nitrogen and oxygen atoms in total. The van der Waals surface area contributed by atoms with Crippen LogP contribution in [-0.4, -0.2) is 33.6 Å². The Bertz CT molecular complexity index is 604. The lowest BCUT2D eigenvalue weighted by atomic mass is 9.91. The molecule has 1 aromatic carbocycles. The number of likely N-dealkylation sites (tertiary alicyclic amines) is 1. The van der Waals surface area contributed by atoms with E-state index in [2.05, 4.69) is 40.7 Å². The summed E-state index contributed by atoms with van der Waals surface area (Å²) in [6, 6.07) is 10.0.